The van der Waals surface area contributed by atoms with E-state index in [1.807, 2.05) is 49.8 Å². The van der Waals surface area contributed by atoms with Crippen molar-refractivity contribution in [1.29, 1.82) is 0 Å². The predicted octanol–water partition coefficient (Wildman–Crippen LogP) is 3.38. The van der Waals surface area contributed by atoms with Crippen LogP contribution in [-0.2, 0) is 13.1 Å². The van der Waals surface area contributed by atoms with Crippen LogP contribution in [0.15, 0.2) is 54.2 Å². The maximum absolute atomic E-state index is 5.86. The molecule has 0 radical (unpaired) electrons. The van der Waals surface area contributed by atoms with Gasteiger partial charge in [0.05, 0.1) is 6.20 Å². The Morgan fingerprint density at radius 3 is 2.56 bits per heavy atom. The molecule has 0 fully saturated rings. The van der Waals surface area contributed by atoms with Gasteiger partial charge in [-0.15, -0.1) is 0 Å². The lowest BCUT2D eigenvalue weighted by molar-refractivity contribution is 0.450. The fourth-order valence-corrected chi connectivity index (χ4v) is 2.47. The number of ether oxygens (including phenoxy) is 1. The zero-order chi connectivity index (χ0) is 17.5. The maximum atomic E-state index is 5.86. The van der Waals surface area contributed by atoms with Crippen molar-refractivity contribution in [2.45, 2.75) is 25.2 Å². The highest BCUT2D eigenvalue weighted by Crippen LogP contribution is 2.22. The molecule has 6 nitrogen and oxygen atoms in total. The molecular weight excluding hydrogens is 334 g/mol. The van der Waals surface area contributed by atoms with E-state index in [0.717, 1.165) is 22.0 Å². The number of aryl methyl sites for hydroxylation is 1. The summed E-state index contributed by atoms with van der Waals surface area (Å²) in [6.45, 7) is 3.25. The summed E-state index contributed by atoms with van der Waals surface area (Å²) in [6.07, 6.45) is 9.05. The molecule has 0 aliphatic rings. The van der Waals surface area contributed by atoms with E-state index in [2.05, 4.69) is 25.3 Å². The molecule has 3 rings (SSSR count). The molecule has 1 N–H and O–H groups in total. The van der Waals surface area contributed by atoms with Gasteiger partial charge in [-0.2, -0.15) is 0 Å². The third-order valence-electron chi connectivity index (χ3n) is 3.46. The van der Waals surface area contributed by atoms with Gasteiger partial charge >= 0.3 is 0 Å². The summed E-state index contributed by atoms with van der Waals surface area (Å²) in [5.41, 5.74) is 2.96. The van der Waals surface area contributed by atoms with Gasteiger partial charge in [-0.1, -0.05) is 17.8 Å². The quantitative estimate of drug-likeness (QED) is 0.515. The lowest BCUT2D eigenvalue weighted by atomic mass is 10.2. The Morgan fingerprint density at radius 2 is 1.84 bits per heavy atom. The summed E-state index contributed by atoms with van der Waals surface area (Å²) in [5.74, 6) is 1.25. The zero-order valence-electron chi connectivity index (χ0n) is 14.1. The van der Waals surface area contributed by atoms with Crippen LogP contribution in [0.4, 0.5) is 0 Å². The van der Waals surface area contributed by atoms with Crippen molar-refractivity contribution in [2.24, 2.45) is 0 Å². The van der Waals surface area contributed by atoms with Crippen LogP contribution >= 0.6 is 11.8 Å². The number of rotatable bonds is 7. The van der Waals surface area contributed by atoms with Gasteiger partial charge in [-0.25, -0.2) is 15.0 Å². The average Bonchev–Trinajstić information content (AvgIpc) is 2.65. The average molecular weight is 353 g/mol. The van der Waals surface area contributed by atoms with Crippen molar-refractivity contribution >= 4 is 11.8 Å². The topological polar surface area (TPSA) is 72.8 Å². The molecule has 0 aliphatic carbocycles. The summed E-state index contributed by atoms with van der Waals surface area (Å²) < 4.78 is 5.86. The zero-order valence-corrected chi connectivity index (χ0v) is 15.0. The number of aromatic nitrogens is 4. The summed E-state index contributed by atoms with van der Waals surface area (Å²) in [4.78, 5) is 17.1. The predicted molar refractivity (Wildman–Crippen MR) is 97.6 cm³/mol. The van der Waals surface area contributed by atoms with Crippen LogP contribution in [0.5, 0.6) is 11.6 Å². The van der Waals surface area contributed by atoms with Gasteiger partial charge < -0.3 is 10.1 Å². The Hall–Kier alpha value is -2.51. The number of hydrogen-bond acceptors (Lipinski definition) is 7. The van der Waals surface area contributed by atoms with Crippen LogP contribution in [-0.4, -0.2) is 26.2 Å². The normalized spacial score (nSPS) is 10.6. The second-order valence-corrected chi connectivity index (χ2v) is 6.16. The lowest BCUT2D eigenvalue weighted by Gasteiger charge is -2.10. The van der Waals surface area contributed by atoms with E-state index in [1.165, 1.54) is 11.8 Å². The van der Waals surface area contributed by atoms with Crippen molar-refractivity contribution in [1.82, 2.24) is 25.3 Å². The van der Waals surface area contributed by atoms with Gasteiger partial charge in [-0.05, 0) is 31.4 Å². The van der Waals surface area contributed by atoms with Gasteiger partial charge in [-0.3, -0.25) is 4.98 Å². The minimum absolute atomic E-state index is 0.578. The first-order chi connectivity index (χ1) is 12.2. The fourth-order valence-electron chi connectivity index (χ4n) is 2.16. The summed E-state index contributed by atoms with van der Waals surface area (Å²) in [7, 11) is 0. The molecule has 0 unspecified atom stereocenters. The molecule has 25 heavy (non-hydrogen) atoms. The molecule has 7 heteroatoms. The van der Waals surface area contributed by atoms with Crippen LogP contribution in [0.3, 0.4) is 0 Å². The van der Waals surface area contributed by atoms with E-state index in [1.54, 1.807) is 12.4 Å². The van der Waals surface area contributed by atoms with Crippen molar-refractivity contribution in [3.05, 3.63) is 65.9 Å². The summed E-state index contributed by atoms with van der Waals surface area (Å²) >= 11 is 1.53. The molecule has 3 heterocycles. The van der Waals surface area contributed by atoms with Crippen molar-refractivity contribution in [2.75, 3.05) is 6.26 Å². The van der Waals surface area contributed by atoms with Crippen molar-refractivity contribution in [3.8, 4) is 11.6 Å². The highest BCUT2D eigenvalue weighted by atomic mass is 32.2. The largest absolute Gasteiger partial charge is 0.437 e. The molecular formula is C18H19N5OS. The minimum atomic E-state index is 0.578. The Bertz CT molecular complexity index is 808. The Morgan fingerprint density at radius 1 is 1.00 bits per heavy atom. The number of hydrogen-bond donors (Lipinski definition) is 1. The number of pyridine rings is 2. The number of nitrogens with zero attached hydrogens (tertiary/aromatic N) is 4. The third-order valence-corrected chi connectivity index (χ3v) is 4.03. The molecule has 0 saturated heterocycles. The van der Waals surface area contributed by atoms with E-state index in [0.29, 0.717) is 24.7 Å². The lowest BCUT2D eigenvalue weighted by Crippen LogP contribution is -2.14. The smallest absolute Gasteiger partial charge is 0.223 e. The molecule has 0 aliphatic heterocycles. The number of nitrogens with one attached hydrogen (secondary N) is 1. The molecule has 128 valence electrons. The van der Waals surface area contributed by atoms with Crippen LogP contribution in [0.2, 0.25) is 0 Å². The number of thioether (sulfide) groups is 1. The highest BCUT2D eigenvalue weighted by Gasteiger charge is 2.06. The van der Waals surface area contributed by atoms with Crippen LogP contribution in [0.25, 0.3) is 0 Å². The van der Waals surface area contributed by atoms with Crippen LogP contribution in [0.1, 0.15) is 16.8 Å². The Kier molecular flexibility index (Phi) is 5.92. The fraction of sp³-hybridized carbons (Fsp3) is 0.222. The molecule has 0 spiro atoms. The first-order valence-electron chi connectivity index (χ1n) is 7.84. The van der Waals surface area contributed by atoms with E-state index in [9.17, 15) is 0 Å². The second kappa shape index (κ2) is 8.55. The Labute approximate surface area is 151 Å². The van der Waals surface area contributed by atoms with Gasteiger partial charge in [0.15, 0.2) is 5.16 Å². The SMILES string of the molecule is CSc1ncc(CNCc2cccnc2Oc2ccc(C)nc2)cn1. The highest BCUT2D eigenvalue weighted by molar-refractivity contribution is 7.98. The van der Waals surface area contributed by atoms with Crippen LogP contribution < -0.4 is 10.1 Å². The Balaban J connectivity index is 1.61. The van der Waals surface area contributed by atoms with Gasteiger partial charge in [0, 0.05) is 48.5 Å². The van der Waals surface area contributed by atoms with E-state index >= 15 is 0 Å². The van der Waals surface area contributed by atoms with E-state index < -0.39 is 0 Å². The van der Waals surface area contributed by atoms with Gasteiger partial charge in [0.2, 0.25) is 5.88 Å². The standard InChI is InChI=1S/C18H19N5OS/c1-13-5-6-16(12-21-13)24-17-15(4-3-7-20-17)11-19-8-14-9-22-18(25-2)23-10-14/h3-7,9-10,12,19H,8,11H2,1-2H3. The molecule has 0 atom stereocenters. The van der Waals surface area contributed by atoms with Crippen molar-refractivity contribution < 1.29 is 4.74 Å². The van der Waals surface area contributed by atoms with E-state index in [4.69, 9.17) is 4.74 Å². The maximum Gasteiger partial charge on any atom is 0.223 e. The molecule has 3 aromatic rings. The second-order valence-electron chi connectivity index (χ2n) is 5.39. The molecule has 0 aromatic carbocycles. The summed E-state index contributed by atoms with van der Waals surface area (Å²) in [5, 5.41) is 4.14. The first kappa shape index (κ1) is 17.3. The first-order valence-corrected chi connectivity index (χ1v) is 9.07. The van der Waals surface area contributed by atoms with Crippen molar-refractivity contribution in [3.63, 3.8) is 0 Å². The molecule has 3 aromatic heterocycles. The van der Waals surface area contributed by atoms with E-state index in [-0.39, 0.29) is 0 Å². The monoisotopic (exact) mass is 353 g/mol. The molecule has 0 bridgehead atoms. The van der Waals surface area contributed by atoms with Gasteiger partial charge in [0.25, 0.3) is 0 Å². The van der Waals surface area contributed by atoms with Gasteiger partial charge in [0.1, 0.15) is 5.75 Å². The molecule has 0 saturated carbocycles. The summed E-state index contributed by atoms with van der Waals surface area (Å²) in [6, 6.07) is 7.69. The third kappa shape index (κ3) is 4.98. The van der Waals surface area contributed by atoms with Crippen LogP contribution in [0, 0.1) is 6.92 Å². The minimum Gasteiger partial charge on any atom is -0.437 e. The molecule has 0 amide bonds.